The third-order valence-corrected chi connectivity index (χ3v) is 6.37. The molecule has 4 rings (SSSR count). The van der Waals surface area contributed by atoms with E-state index in [9.17, 15) is 9.59 Å². The number of amides is 1. The SMILES string of the molecule is COc1ccc(C(=O)Nc2ccc(Cl)cc2C(=O)c2ccccc2)cc1COc1ccccc1C(C)(C)C. The molecule has 0 saturated carbocycles. The van der Waals surface area contributed by atoms with Crippen LogP contribution in [-0.4, -0.2) is 18.8 Å². The van der Waals surface area contributed by atoms with Gasteiger partial charge in [-0.3, -0.25) is 9.59 Å². The van der Waals surface area contributed by atoms with E-state index >= 15 is 0 Å². The first-order valence-corrected chi connectivity index (χ1v) is 12.6. The number of hydrogen-bond donors (Lipinski definition) is 1. The number of nitrogens with one attached hydrogen (secondary N) is 1. The van der Waals surface area contributed by atoms with Crippen LogP contribution in [-0.2, 0) is 12.0 Å². The second-order valence-electron chi connectivity index (χ2n) is 9.90. The van der Waals surface area contributed by atoms with Crippen molar-refractivity contribution in [1.82, 2.24) is 0 Å². The molecule has 0 aliphatic heterocycles. The Hall–Kier alpha value is -4.09. The van der Waals surface area contributed by atoms with Gasteiger partial charge >= 0.3 is 0 Å². The Morgan fingerprint density at radius 1 is 0.816 bits per heavy atom. The van der Waals surface area contributed by atoms with Gasteiger partial charge in [-0.2, -0.15) is 0 Å². The molecule has 0 heterocycles. The van der Waals surface area contributed by atoms with Gasteiger partial charge in [0.1, 0.15) is 18.1 Å². The number of benzene rings is 4. The zero-order chi connectivity index (χ0) is 27.3. The minimum Gasteiger partial charge on any atom is -0.496 e. The molecule has 5 nitrogen and oxygen atoms in total. The average Bonchev–Trinajstić information content (AvgIpc) is 2.92. The summed E-state index contributed by atoms with van der Waals surface area (Å²) in [7, 11) is 1.58. The van der Waals surface area contributed by atoms with Crippen LogP contribution in [0.1, 0.15) is 58.2 Å². The number of carbonyl (C=O) groups is 2. The van der Waals surface area contributed by atoms with Crippen molar-refractivity contribution >= 4 is 29.0 Å². The van der Waals surface area contributed by atoms with Crippen molar-refractivity contribution in [3.8, 4) is 11.5 Å². The lowest BCUT2D eigenvalue weighted by atomic mass is 9.86. The molecular formula is C32H30ClNO4. The highest BCUT2D eigenvalue weighted by atomic mass is 35.5. The number of anilines is 1. The Bertz CT molecular complexity index is 1460. The smallest absolute Gasteiger partial charge is 0.255 e. The molecule has 194 valence electrons. The maximum Gasteiger partial charge on any atom is 0.255 e. The van der Waals surface area contributed by atoms with Crippen LogP contribution in [0.4, 0.5) is 5.69 Å². The first-order chi connectivity index (χ1) is 18.2. The predicted molar refractivity (Wildman–Crippen MR) is 152 cm³/mol. The van der Waals surface area contributed by atoms with Crippen LogP contribution in [0.5, 0.6) is 11.5 Å². The summed E-state index contributed by atoms with van der Waals surface area (Å²) in [6.07, 6.45) is 0. The van der Waals surface area contributed by atoms with Crippen LogP contribution >= 0.6 is 11.6 Å². The molecule has 0 aliphatic rings. The van der Waals surface area contributed by atoms with Gasteiger partial charge in [-0.15, -0.1) is 0 Å². The van der Waals surface area contributed by atoms with Crippen molar-refractivity contribution in [2.75, 3.05) is 12.4 Å². The van der Waals surface area contributed by atoms with Gasteiger partial charge in [0.25, 0.3) is 5.91 Å². The van der Waals surface area contributed by atoms with Crippen molar-refractivity contribution < 1.29 is 19.1 Å². The highest BCUT2D eigenvalue weighted by Gasteiger charge is 2.20. The molecule has 0 radical (unpaired) electrons. The van der Waals surface area contributed by atoms with Gasteiger partial charge in [0.2, 0.25) is 0 Å². The number of hydrogen-bond acceptors (Lipinski definition) is 4. The number of ketones is 1. The van der Waals surface area contributed by atoms with E-state index in [0.29, 0.717) is 33.1 Å². The fourth-order valence-corrected chi connectivity index (χ4v) is 4.33. The van der Waals surface area contributed by atoms with Gasteiger partial charge < -0.3 is 14.8 Å². The minimum atomic E-state index is -0.367. The largest absolute Gasteiger partial charge is 0.496 e. The number of carbonyl (C=O) groups excluding carboxylic acids is 2. The number of ether oxygens (including phenoxy) is 2. The molecule has 0 atom stereocenters. The standard InChI is InChI=1S/C32H30ClNO4/c1-32(2,3)26-12-8-9-13-29(26)38-20-23-18-22(14-17-28(23)37-4)31(36)34-27-16-15-24(33)19-25(27)30(35)21-10-6-5-7-11-21/h5-19H,20H2,1-4H3,(H,34,36). The summed E-state index contributed by atoms with van der Waals surface area (Å²) in [6.45, 7) is 6.62. The van der Waals surface area contributed by atoms with Crippen molar-refractivity contribution in [3.63, 3.8) is 0 Å². The fourth-order valence-electron chi connectivity index (χ4n) is 4.15. The molecule has 6 heteroatoms. The molecular weight excluding hydrogens is 498 g/mol. The molecule has 1 N–H and O–H groups in total. The maximum atomic E-state index is 13.3. The van der Waals surface area contributed by atoms with Gasteiger partial charge in [0.05, 0.1) is 12.8 Å². The van der Waals surface area contributed by atoms with E-state index in [2.05, 4.69) is 32.2 Å². The van der Waals surface area contributed by atoms with Crippen LogP contribution < -0.4 is 14.8 Å². The first kappa shape index (κ1) is 27.0. The van der Waals surface area contributed by atoms with E-state index in [-0.39, 0.29) is 23.7 Å². The van der Waals surface area contributed by atoms with Crippen LogP contribution in [0, 0.1) is 0 Å². The molecule has 0 unspecified atom stereocenters. The lowest BCUT2D eigenvalue weighted by molar-refractivity contribution is 0.102. The molecule has 0 aromatic heterocycles. The van der Waals surface area contributed by atoms with Crippen LogP contribution in [0.15, 0.2) is 91.0 Å². The minimum absolute atomic E-state index is 0.0874. The Labute approximate surface area is 228 Å². The molecule has 4 aromatic carbocycles. The molecule has 0 fully saturated rings. The molecule has 0 aliphatic carbocycles. The van der Waals surface area contributed by atoms with Crippen molar-refractivity contribution in [1.29, 1.82) is 0 Å². The van der Waals surface area contributed by atoms with Gasteiger partial charge in [0, 0.05) is 27.3 Å². The summed E-state index contributed by atoms with van der Waals surface area (Å²) in [5.41, 5.74) is 3.32. The van der Waals surface area contributed by atoms with Gasteiger partial charge in [0.15, 0.2) is 5.78 Å². The number of halogens is 1. The summed E-state index contributed by atoms with van der Waals surface area (Å²) in [5.74, 6) is 0.793. The maximum absolute atomic E-state index is 13.3. The Morgan fingerprint density at radius 2 is 1.53 bits per heavy atom. The summed E-state index contributed by atoms with van der Waals surface area (Å²) in [6, 6.07) is 26.8. The Kier molecular flexibility index (Phi) is 8.18. The highest BCUT2D eigenvalue weighted by molar-refractivity contribution is 6.31. The number of para-hydroxylation sites is 1. The Morgan fingerprint density at radius 3 is 2.24 bits per heavy atom. The predicted octanol–water partition coefficient (Wildman–Crippen LogP) is 7.71. The summed E-state index contributed by atoms with van der Waals surface area (Å²) in [5, 5.41) is 3.28. The van der Waals surface area contributed by atoms with Gasteiger partial charge in [-0.1, -0.05) is 80.9 Å². The van der Waals surface area contributed by atoms with Crippen molar-refractivity contribution in [2.24, 2.45) is 0 Å². The quantitative estimate of drug-likeness (QED) is 0.238. The third kappa shape index (κ3) is 6.24. The number of methoxy groups -OCH3 is 1. The molecule has 1 amide bonds. The topological polar surface area (TPSA) is 64.6 Å². The van der Waals surface area contributed by atoms with Gasteiger partial charge in [-0.05, 0) is 53.4 Å². The lowest BCUT2D eigenvalue weighted by Crippen LogP contribution is -2.16. The molecule has 38 heavy (non-hydrogen) atoms. The molecule has 0 spiro atoms. The zero-order valence-corrected chi connectivity index (χ0v) is 22.6. The average molecular weight is 528 g/mol. The fraction of sp³-hybridized carbons (Fsp3) is 0.188. The summed E-state index contributed by atoms with van der Waals surface area (Å²) >= 11 is 6.19. The van der Waals surface area contributed by atoms with Gasteiger partial charge in [-0.25, -0.2) is 0 Å². The second-order valence-corrected chi connectivity index (χ2v) is 10.3. The van der Waals surface area contributed by atoms with E-state index in [4.69, 9.17) is 21.1 Å². The summed E-state index contributed by atoms with van der Waals surface area (Å²) < 4.78 is 11.7. The van der Waals surface area contributed by atoms with Crippen LogP contribution in [0.25, 0.3) is 0 Å². The number of rotatable bonds is 8. The van der Waals surface area contributed by atoms with E-state index in [1.165, 1.54) is 0 Å². The molecule has 0 saturated heterocycles. The van der Waals surface area contributed by atoms with Crippen LogP contribution in [0.2, 0.25) is 5.02 Å². The van der Waals surface area contributed by atoms with Crippen molar-refractivity contribution in [3.05, 3.63) is 124 Å². The molecule has 4 aromatic rings. The van der Waals surface area contributed by atoms with E-state index in [1.54, 1.807) is 67.8 Å². The summed E-state index contributed by atoms with van der Waals surface area (Å²) in [4.78, 5) is 26.4. The Balaban J connectivity index is 1.59. The van der Waals surface area contributed by atoms with Crippen molar-refractivity contribution in [2.45, 2.75) is 32.8 Å². The first-order valence-electron chi connectivity index (χ1n) is 12.3. The molecule has 0 bridgehead atoms. The third-order valence-electron chi connectivity index (χ3n) is 6.13. The zero-order valence-electron chi connectivity index (χ0n) is 21.9. The monoisotopic (exact) mass is 527 g/mol. The van der Waals surface area contributed by atoms with E-state index in [1.807, 2.05) is 24.3 Å². The second kappa shape index (κ2) is 11.5. The van der Waals surface area contributed by atoms with Crippen LogP contribution in [0.3, 0.4) is 0 Å². The van der Waals surface area contributed by atoms with E-state index < -0.39 is 0 Å². The highest BCUT2D eigenvalue weighted by Crippen LogP contribution is 2.32. The normalized spacial score (nSPS) is 11.1. The lowest BCUT2D eigenvalue weighted by Gasteiger charge is -2.23. The van der Waals surface area contributed by atoms with E-state index in [0.717, 1.165) is 16.9 Å².